The largest absolute Gasteiger partial charge is 0.220 e. The van der Waals surface area contributed by atoms with Crippen molar-refractivity contribution in [1.82, 2.24) is 0 Å². The van der Waals surface area contributed by atoms with E-state index >= 15 is 0 Å². The number of fused-ring (bicyclic) bond motifs is 1. The average Bonchev–Trinajstić information content (AvgIpc) is 2.75. The summed E-state index contributed by atoms with van der Waals surface area (Å²) in [5.74, 6) is 2.79. The average molecular weight is 429 g/mol. The lowest BCUT2D eigenvalue weighted by molar-refractivity contribution is -0.665. The van der Waals surface area contributed by atoms with Crippen molar-refractivity contribution < 1.29 is 8.96 Å². The summed E-state index contributed by atoms with van der Waals surface area (Å²) in [6, 6.07) is 11.7. The normalized spacial score (nSPS) is 28.6. The Morgan fingerprint density at radius 3 is 2.09 bits per heavy atom. The Kier molecular flexibility index (Phi) is 4.39. The van der Waals surface area contributed by atoms with Crippen LogP contribution in [0.4, 0.5) is 4.39 Å². The van der Waals surface area contributed by atoms with Crippen LogP contribution in [0.15, 0.2) is 30.3 Å². The van der Waals surface area contributed by atoms with Gasteiger partial charge in [-0.3, -0.25) is 0 Å². The molecule has 2 heteroatoms. The molecule has 1 aromatic heterocycles. The minimum absolute atomic E-state index is 0.0741. The molecule has 4 aliphatic carbocycles. The maximum atomic E-state index is 14.6. The lowest BCUT2D eigenvalue weighted by atomic mass is 9.48. The summed E-state index contributed by atoms with van der Waals surface area (Å²) in [7, 11) is 2.14. The Morgan fingerprint density at radius 2 is 1.47 bits per heavy atom. The highest BCUT2D eigenvalue weighted by Crippen LogP contribution is 2.60. The van der Waals surface area contributed by atoms with E-state index in [-0.39, 0.29) is 5.82 Å². The van der Waals surface area contributed by atoms with Crippen LogP contribution in [0.2, 0.25) is 0 Å². The van der Waals surface area contributed by atoms with Gasteiger partial charge in [-0.25, -0.2) is 4.39 Å². The van der Waals surface area contributed by atoms with Gasteiger partial charge in [0.2, 0.25) is 5.69 Å². The van der Waals surface area contributed by atoms with Gasteiger partial charge >= 0.3 is 0 Å². The molecule has 0 aliphatic heterocycles. The number of rotatable bonds is 2. The highest BCUT2D eigenvalue weighted by atomic mass is 19.1. The SMILES string of the molecule is Cc1cc(-c2c3ccc(C45CC6CC(CC(C6)C4)C5)cc3cc(C)[n+]2C)c(C)c(C)c1F. The molecule has 4 bridgehead atoms. The second-order valence-electron chi connectivity index (χ2n) is 11.5. The van der Waals surface area contributed by atoms with Gasteiger partial charge in [0, 0.05) is 13.0 Å². The summed E-state index contributed by atoms with van der Waals surface area (Å²) >= 11 is 0. The first kappa shape index (κ1) is 20.4. The molecular formula is C30H35FN+. The van der Waals surface area contributed by atoms with E-state index in [2.05, 4.69) is 49.7 Å². The van der Waals surface area contributed by atoms with Gasteiger partial charge in [0.15, 0.2) is 5.69 Å². The van der Waals surface area contributed by atoms with Crippen LogP contribution in [0.25, 0.3) is 22.0 Å². The highest BCUT2D eigenvalue weighted by molar-refractivity contribution is 5.94. The summed E-state index contributed by atoms with van der Waals surface area (Å²) in [5, 5.41) is 2.61. The first-order chi connectivity index (χ1) is 15.3. The molecule has 4 aliphatic rings. The van der Waals surface area contributed by atoms with Crippen molar-refractivity contribution in [2.75, 3.05) is 0 Å². The monoisotopic (exact) mass is 428 g/mol. The summed E-state index contributed by atoms with van der Waals surface area (Å²) in [6.45, 7) is 8.04. The van der Waals surface area contributed by atoms with Crippen molar-refractivity contribution in [2.24, 2.45) is 24.8 Å². The zero-order valence-electron chi connectivity index (χ0n) is 20.2. The number of hydrogen-bond donors (Lipinski definition) is 0. The standard InChI is InChI=1S/C30H35FN/c1-17-8-27(19(3)20(4)28(17)31)29-26-7-6-25(13-24(26)9-18(2)32(29)5)30-14-21-10-22(15-30)12-23(11-21)16-30/h6-9,13,21-23H,10-12,14-16H2,1-5H3/q+1. The topological polar surface area (TPSA) is 3.88 Å². The van der Waals surface area contributed by atoms with Gasteiger partial charge in [-0.2, -0.15) is 4.57 Å². The van der Waals surface area contributed by atoms with E-state index in [0.717, 1.165) is 40.0 Å². The number of nitrogens with zero attached hydrogens (tertiary/aromatic N) is 1. The number of pyridine rings is 1. The molecule has 0 unspecified atom stereocenters. The Morgan fingerprint density at radius 1 is 0.844 bits per heavy atom. The van der Waals surface area contributed by atoms with Gasteiger partial charge in [-0.15, -0.1) is 0 Å². The van der Waals surface area contributed by atoms with Crippen LogP contribution in [-0.4, -0.2) is 0 Å². The Bertz CT molecular complexity index is 1230. The van der Waals surface area contributed by atoms with Crippen LogP contribution in [0.1, 0.15) is 66.5 Å². The van der Waals surface area contributed by atoms with Crippen molar-refractivity contribution in [2.45, 2.75) is 71.6 Å². The molecule has 1 nitrogen and oxygen atoms in total. The summed E-state index contributed by atoms with van der Waals surface area (Å²) in [4.78, 5) is 0. The van der Waals surface area contributed by atoms with Crippen molar-refractivity contribution >= 4 is 10.8 Å². The Hall–Kier alpha value is -2.22. The number of aromatic nitrogens is 1. The van der Waals surface area contributed by atoms with Gasteiger partial charge < -0.3 is 0 Å². The number of aryl methyl sites for hydroxylation is 2. The van der Waals surface area contributed by atoms with Gasteiger partial charge in [0.05, 0.1) is 10.9 Å². The van der Waals surface area contributed by atoms with Crippen LogP contribution in [-0.2, 0) is 12.5 Å². The molecule has 0 saturated heterocycles. The van der Waals surface area contributed by atoms with Gasteiger partial charge in [-0.1, -0.05) is 12.1 Å². The maximum absolute atomic E-state index is 14.6. The predicted molar refractivity (Wildman–Crippen MR) is 129 cm³/mol. The van der Waals surface area contributed by atoms with Gasteiger partial charge in [0.1, 0.15) is 12.9 Å². The van der Waals surface area contributed by atoms with Crippen molar-refractivity contribution in [3.05, 3.63) is 64.1 Å². The second-order valence-corrected chi connectivity index (χ2v) is 11.5. The third kappa shape index (κ3) is 2.84. The molecule has 166 valence electrons. The van der Waals surface area contributed by atoms with Crippen LogP contribution >= 0.6 is 0 Å². The second kappa shape index (κ2) is 6.89. The van der Waals surface area contributed by atoms with Crippen LogP contribution in [0, 0.1) is 51.3 Å². The van der Waals surface area contributed by atoms with E-state index in [1.165, 1.54) is 60.7 Å². The zero-order valence-corrected chi connectivity index (χ0v) is 20.2. The fourth-order valence-electron chi connectivity index (χ4n) is 7.99. The molecule has 0 radical (unpaired) electrons. The van der Waals surface area contributed by atoms with Crippen molar-refractivity contribution in [3.8, 4) is 11.3 Å². The minimum atomic E-state index is -0.0741. The maximum Gasteiger partial charge on any atom is 0.220 e. The van der Waals surface area contributed by atoms with Crippen LogP contribution < -0.4 is 4.57 Å². The Balaban J connectivity index is 1.55. The molecule has 0 N–H and O–H groups in total. The van der Waals surface area contributed by atoms with Crippen LogP contribution in [0.5, 0.6) is 0 Å². The molecule has 3 aromatic rings. The Labute approximate surface area is 191 Å². The molecule has 7 rings (SSSR count). The highest BCUT2D eigenvalue weighted by Gasteiger charge is 2.51. The smallest absolute Gasteiger partial charge is 0.206 e. The van der Waals surface area contributed by atoms with Crippen molar-refractivity contribution in [3.63, 3.8) is 0 Å². The lowest BCUT2D eigenvalue weighted by Gasteiger charge is -2.57. The lowest BCUT2D eigenvalue weighted by Crippen LogP contribution is -2.48. The number of benzene rings is 2. The predicted octanol–water partition coefficient (Wildman–Crippen LogP) is 7.17. The van der Waals surface area contributed by atoms with Crippen molar-refractivity contribution in [1.29, 1.82) is 0 Å². The molecule has 1 heterocycles. The third-order valence-electron chi connectivity index (χ3n) is 9.44. The summed E-state index contributed by atoms with van der Waals surface area (Å²) in [5.41, 5.74) is 8.12. The summed E-state index contributed by atoms with van der Waals surface area (Å²) < 4.78 is 16.9. The van der Waals surface area contributed by atoms with E-state index in [9.17, 15) is 4.39 Å². The zero-order chi connectivity index (χ0) is 22.4. The molecular weight excluding hydrogens is 393 g/mol. The van der Waals surface area contributed by atoms with E-state index < -0.39 is 0 Å². The number of halogens is 1. The molecule has 0 atom stereocenters. The number of hydrogen-bond acceptors (Lipinski definition) is 0. The molecule has 0 amide bonds. The first-order valence-corrected chi connectivity index (χ1v) is 12.5. The minimum Gasteiger partial charge on any atom is -0.206 e. The van der Waals surface area contributed by atoms with Crippen LogP contribution in [0.3, 0.4) is 0 Å². The molecule has 32 heavy (non-hydrogen) atoms. The molecule has 4 saturated carbocycles. The van der Waals surface area contributed by atoms with Gasteiger partial charge in [0.25, 0.3) is 0 Å². The van der Waals surface area contributed by atoms with Gasteiger partial charge in [-0.05, 0) is 122 Å². The van der Waals surface area contributed by atoms with E-state index in [1.807, 2.05) is 19.9 Å². The van der Waals surface area contributed by atoms with E-state index in [4.69, 9.17) is 0 Å². The fourth-order valence-corrected chi connectivity index (χ4v) is 7.99. The third-order valence-corrected chi connectivity index (χ3v) is 9.44. The quantitative estimate of drug-likeness (QED) is 0.381. The fraction of sp³-hybridized carbons (Fsp3) is 0.500. The molecule has 4 fully saturated rings. The molecule has 2 aromatic carbocycles. The summed E-state index contributed by atoms with van der Waals surface area (Å²) in [6.07, 6.45) is 8.63. The van der Waals surface area contributed by atoms with E-state index in [1.54, 1.807) is 5.56 Å². The van der Waals surface area contributed by atoms with E-state index in [0.29, 0.717) is 5.41 Å². The first-order valence-electron chi connectivity index (χ1n) is 12.5. The molecule has 0 spiro atoms.